The molecule has 1 heterocycles. The Morgan fingerprint density at radius 2 is 1.03 bits per heavy atom. The Hall–Kier alpha value is -3.62. The maximum absolute atomic E-state index is 10.8. The quantitative estimate of drug-likeness (QED) is 0.482. The zero-order chi connectivity index (χ0) is 23.9. The van der Waals surface area contributed by atoms with E-state index >= 15 is 0 Å². The Balaban J connectivity index is 1.60. The van der Waals surface area contributed by atoms with E-state index in [2.05, 4.69) is 0 Å². The first kappa shape index (κ1) is 23.5. The van der Waals surface area contributed by atoms with Crippen molar-refractivity contribution in [3.63, 3.8) is 0 Å². The summed E-state index contributed by atoms with van der Waals surface area (Å²) in [5, 5.41) is 10.8. The summed E-state index contributed by atoms with van der Waals surface area (Å²) in [6, 6.07) is 21.7. The van der Waals surface area contributed by atoms with Crippen LogP contribution in [0.1, 0.15) is 0 Å². The second-order valence-corrected chi connectivity index (χ2v) is 7.49. The first-order chi connectivity index (χ1) is 16.6. The van der Waals surface area contributed by atoms with Crippen molar-refractivity contribution in [2.45, 2.75) is 24.6 Å². The summed E-state index contributed by atoms with van der Waals surface area (Å²) in [6.45, 7) is 0.0863. The number of rotatable bonds is 10. The molecule has 3 aromatic carbocycles. The Morgan fingerprint density at radius 3 is 1.53 bits per heavy atom. The summed E-state index contributed by atoms with van der Waals surface area (Å²) in [5.74, 6) is 3.16. The average Bonchev–Trinajstić information content (AvgIpc) is 3.17. The second kappa shape index (κ2) is 11.0. The molecule has 0 unspecified atom stereocenters. The molecule has 0 bridgehead atoms. The van der Waals surface area contributed by atoms with Crippen LogP contribution >= 0.6 is 0 Å². The van der Waals surface area contributed by atoms with Crippen molar-refractivity contribution in [2.75, 3.05) is 27.9 Å². The van der Waals surface area contributed by atoms with Crippen LogP contribution in [0.25, 0.3) is 0 Å². The molecule has 0 amide bonds. The number of hydrogen-bond acceptors (Lipinski definition) is 8. The SMILES string of the molecule is COc1ccccc1OC[C@H]1O[C@@H](O)[C@H](Oc2ccccc2OC)[C@@H]1Oc1ccccc1OC. The van der Waals surface area contributed by atoms with Crippen molar-refractivity contribution in [3.8, 4) is 34.5 Å². The molecule has 8 nitrogen and oxygen atoms in total. The number of aliphatic hydroxyl groups is 1. The molecule has 0 saturated carbocycles. The van der Waals surface area contributed by atoms with Crippen molar-refractivity contribution in [2.24, 2.45) is 0 Å². The van der Waals surface area contributed by atoms with Gasteiger partial charge in [0.1, 0.15) is 12.7 Å². The molecule has 3 aromatic rings. The lowest BCUT2D eigenvalue weighted by Crippen LogP contribution is -2.43. The molecule has 1 aliphatic heterocycles. The van der Waals surface area contributed by atoms with Gasteiger partial charge < -0.3 is 38.3 Å². The van der Waals surface area contributed by atoms with E-state index in [4.69, 9.17) is 33.2 Å². The normalized spacial score (nSPS) is 21.5. The molecule has 8 heteroatoms. The van der Waals surface area contributed by atoms with Gasteiger partial charge in [-0.25, -0.2) is 0 Å². The van der Waals surface area contributed by atoms with Gasteiger partial charge in [0.05, 0.1) is 21.3 Å². The summed E-state index contributed by atoms with van der Waals surface area (Å²) in [4.78, 5) is 0. The van der Waals surface area contributed by atoms with Crippen molar-refractivity contribution < 1.29 is 38.3 Å². The van der Waals surface area contributed by atoms with Gasteiger partial charge in [0.2, 0.25) is 0 Å². The lowest BCUT2D eigenvalue weighted by Gasteiger charge is -2.26. The molecule has 34 heavy (non-hydrogen) atoms. The maximum atomic E-state index is 10.8. The Bertz CT molecular complexity index is 1070. The van der Waals surface area contributed by atoms with Crippen molar-refractivity contribution in [3.05, 3.63) is 72.8 Å². The zero-order valence-corrected chi connectivity index (χ0v) is 19.2. The highest BCUT2D eigenvalue weighted by atomic mass is 16.7. The smallest absolute Gasteiger partial charge is 0.196 e. The van der Waals surface area contributed by atoms with Crippen LogP contribution in [0.15, 0.2) is 72.8 Å². The molecule has 0 radical (unpaired) electrons. The zero-order valence-electron chi connectivity index (χ0n) is 19.2. The molecular weight excluding hydrogens is 440 g/mol. The van der Waals surface area contributed by atoms with Gasteiger partial charge in [-0.2, -0.15) is 0 Å². The molecule has 4 atom stereocenters. The minimum atomic E-state index is -1.27. The van der Waals surface area contributed by atoms with Gasteiger partial charge in [-0.05, 0) is 36.4 Å². The van der Waals surface area contributed by atoms with E-state index < -0.39 is 24.6 Å². The molecule has 1 fully saturated rings. The van der Waals surface area contributed by atoms with E-state index in [1.807, 2.05) is 36.4 Å². The third-order valence-corrected chi connectivity index (χ3v) is 5.42. The molecular formula is C26H28O8. The van der Waals surface area contributed by atoms with E-state index in [1.165, 1.54) is 0 Å². The van der Waals surface area contributed by atoms with Crippen LogP contribution in [0.3, 0.4) is 0 Å². The van der Waals surface area contributed by atoms with E-state index in [-0.39, 0.29) is 6.61 Å². The fourth-order valence-corrected chi connectivity index (χ4v) is 3.75. The average molecular weight is 469 g/mol. The highest BCUT2D eigenvalue weighted by molar-refractivity contribution is 5.41. The van der Waals surface area contributed by atoms with Crippen LogP contribution in [0.4, 0.5) is 0 Å². The summed E-state index contributed by atoms with van der Waals surface area (Å²) in [6.07, 6.45) is -3.53. The van der Waals surface area contributed by atoms with Crippen LogP contribution in [-0.4, -0.2) is 57.6 Å². The summed E-state index contributed by atoms with van der Waals surface area (Å²) in [5.41, 5.74) is 0. The number of ether oxygens (including phenoxy) is 7. The molecule has 1 saturated heterocycles. The van der Waals surface area contributed by atoms with Crippen LogP contribution in [0, 0.1) is 0 Å². The Labute approximate surface area is 198 Å². The molecule has 4 rings (SSSR count). The van der Waals surface area contributed by atoms with Crippen molar-refractivity contribution in [1.82, 2.24) is 0 Å². The number of hydrogen-bond donors (Lipinski definition) is 1. The first-order valence-corrected chi connectivity index (χ1v) is 10.8. The van der Waals surface area contributed by atoms with Crippen molar-refractivity contribution in [1.29, 1.82) is 0 Å². The van der Waals surface area contributed by atoms with Crippen LogP contribution in [-0.2, 0) is 4.74 Å². The third kappa shape index (κ3) is 5.13. The minimum absolute atomic E-state index is 0.0863. The van der Waals surface area contributed by atoms with Crippen molar-refractivity contribution >= 4 is 0 Å². The Kier molecular flexibility index (Phi) is 7.61. The maximum Gasteiger partial charge on any atom is 0.196 e. The molecule has 1 aliphatic rings. The fraction of sp³-hybridized carbons (Fsp3) is 0.308. The fourth-order valence-electron chi connectivity index (χ4n) is 3.75. The first-order valence-electron chi connectivity index (χ1n) is 10.8. The topological polar surface area (TPSA) is 84.8 Å². The number of benzene rings is 3. The lowest BCUT2D eigenvalue weighted by molar-refractivity contribution is -0.126. The standard InChI is InChI=1S/C26H28O8/c1-28-17-10-4-7-13-20(17)31-16-23-24(32-21-14-8-5-11-18(21)29-2)25(26(27)34-23)33-22-15-9-6-12-19(22)30-3/h4-15,23-27H,16H2,1-3H3/t23-,24-,25-,26-/m1/s1. The molecule has 0 aromatic heterocycles. The van der Waals surface area contributed by atoms with Crippen LogP contribution < -0.4 is 28.4 Å². The molecule has 1 N–H and O–H groups in total. The van der Waals surface area contributed by atoms with Gasteiger partial charge >= 0.3 is 0 Å². The third-order valence-electron chi connectivity index (χ3n) is 5.42. The van der Waals surface area contributed by atoms with E-state index in [9.17, 15) is 5.11 Å². The predicted molar refractivity (Wildman–Crippen MR) is 124 cm³/mol. The molecule has 180 valence electrons. The summed E-state index contributed by atoms with van der Waals surface area (Å²) in [7, 11) is 4.69. The number of para-hydroxylation sites is 6. The van der Waals surface area contributed by atoms with Gasteiger partial charge in [0.25, 0.3) is 0 Å². The monoisotopic (exact) mass is 468 g/mol. The summed E-state index contributed by atoms with van der Waals surface area (Å²) >= 11 is 0. The number of methoxy groups -OCH3 is 3. The van der Waals surface area contributed by atoms with Gasteiger partial charge in [0, 0.05) is 0 Å². The van der Waals surface area contributed by atoms with Gasteiger partial charge in [-0.1, -0.05) is 36.4 Å². The molecule has 0 spiro atoms. The van der Waals surface area contributed by atoms with Gasteiger partial charge in [-0.3, -0.25) is 0 Å². The van der Waals surface area contributed by atoms with Gasteiger partial charge in [-0.15, -0.1) is 0 Å². The van der Waals surface area contributed by atoms with E-state index in [1.54, 1.807) is 57.7 Å². The largest absolute Gasteiger partial charge is 0.493 e. The number of aliphatic hydroxyl groups excluding tert-OH is 1. The van der Waals surface area contributed by atoms with E-state index in [0.29, 0.717) is 34.5 Å². The lowest BCUT2D eigenvalue weighted by atomic mass is 10.1. The highest BCUT2D eigenvalue weighted by Gasteiger charge is 2.48. The van der Waals surface area contributed by atoms with E-state index in [0.717, 1.165) is 0 Å². The van der Waals surface area contributed by atoms with Crippen LogP contribution in [0.2, 0.25) is 0 Å². The second-order valence-electron chi connectivity index (χ2n) is 7.49. The highest BCUT2D eigenvalue weighted by Crippen LogP contribution is 2.36. The van der Waals surface area contributed by atoms with Gasteiger partial charge in [0.15, 0.2) is 53.0 Å². The summed E-state index contributed by atoms with van der Waals surface area (Å²) < 4.78 is 40.4. The Morgan fingerprint density at radius 1 is 0.618 bits per heavy atom. The van der Waals surface area contributed by atoms with Crippen LogP contribution in [0.5, 0.6) is 34.5 Å². The molecule has 0 aliphatic carbocycles. The minimum Gasteiger partial charge on any atom is -0.493 e. The predicted octanol–water partition coefficient (Wildman–Crippen LogP) is 3.70.